The average Bonchev–Trinajstić information content (AvgIpc) is 2.82. The molecule has 20 heavy (non-hydrogen) atoms. The Morgan fingerprint density at radius 2 is 2.25 bits per heavy atom. The normalized spacial score (nSPS) is 10.8. The highest BCUT2D eigenvalue weighted by Crippen LogP contribution is 2.25. The summed E-state index contributed by atoms with van der Waals surface area (Å²) in [4.78, 5) is 21.0. The monoisotopic (exact) mass is 385 g/mol. The van der Waals surface area contributed by atoms with Crippen molar-refractivity contribution in [1.82, 2.24) is 9.78 Å². The maximum absolute atomic E-state index is 11.1. The quantitative estimate of drug-likeness (QED) is 0.378. The molecule has 1 aromatic heterocycles. The van der Waals surface area contributed by atoms with Crippen molar-refractivity contribution in [3.05, 3.63) is 55.9 Å². The molecule has 0 aliphatic carbocycles. The highest BCUT2D eigenvalue weighted by molar-refractivity contribution is 14.1. The smallest absolute Gasteiger partial charge is 0.328 e. The Morgan fingerprint density at radius 1 is 1.50 bits per heavy atom. The van der Waals surface area contributed by atoms with E-state index in [9.17, 15) is 14.9 Å². The van der Waals surface area contributed by atoms with E-state index >= 15 is 0 Å². The zero-order valence-electron chi connectivity index (χ0n) is 9.93. The second kappa shape index (κ2) is 5.82. The summed E-state index contributed by atoms with van der Waals surface area (Å²) in [7, 11) is 0. The molecule has 1 aromatic carbocycles. The van der Waals surface area contributed by atoms with E-state index in [0.717, 1.165) is 9.65 Å². The second-order valence-corrected chi connectivity index (χ2v) is 5.03. The van der Waals surface area contributed by atoms with Gasteiger partial charge in [0.15, 0.2) is 0 Å². The SMILES string of the molecule is O=C(O)C=Cc1ccc(-n2cc(I)cn2)c([N+](=O)[O-])c1. The van der Waals surface area contributed by atoms with Gasteiger partial charge in [-0.2, -0.15) is 5.10 Å². The number of hydrogen-bond donors (Lipinski definition) is 1. The van der Waals surface area contributed by atoms with Crippen LogP contribution in [0.15, 0.2) is 36.7 Å². The fourth-order valence-electron chi connectivity index (χ4n) is 1.58. The molecule has 0 fully saturated rings. The maximum atomic E-state index is 11.1. The topological polar surface area (TPSA) is 98.3 Å². The van der Waals surface area contributed by atoms with E-state index in [1.165, 1.54) is 22.9 Å². The predicted octanol–water partition coefficient (Wildman–Crippen LogP) is 2.48. The van der Waals surface area contributed by atoms with Crippen LogP contribution >= 0.6 is 22.6 Å². The van der Waals surface area contributed by atoms with Crippen molar-refractivity contribution in [2.24, 2.45) is 0 Å². The van der Waals surface area contributed by atoms with E-state index in [2.05, 4.69) is 27.7 Å². The fourth-order valence-corrected chi connectivity index (χ4v) is 1.97. The Kier molecular flexibility index (Phi) is 4.13. The number of aliphatic carboxylic acids is 1. The van der Waals surface area contributed by atoms with Crippen LogP contribution in [-0.4, -0.2) is 25.8 Å². The molecule has 2 rings (SSSR count). The number of halogens is 1. The van der Waals surface area contributed by atoms with Crippen molar-refractivity contribution in [2.45, 2.75) is 0 Å². The van der Waals surface area contributed by atoms with E-state index in [0.29, 0.717) is 11.3 Å². The molecule has 0 saturated heterocycles. The summed E-state index contributed by atoms with van der Waals surface area (Å²) < 4.78 is 2.26. The molecule has 0 spiro atoms. The van der Waals surface area contributed by atoms with Gasteiger partial charge in [0.1, 0.15) is 5.69 Å². The molecule has 0 aliphatic heterocycles. The van der Waals surface area contributed by atoms with Crippen LogP contribution in [0.25, 0.3) is 11.8 Å². The van der Waals surface area contributed by atoms with Crippen molar-refractivity contribution in [1.29, 1.82) is 0 Å². The molecule has 102 valence electrons. The van der Waals surface area contributed by atoms with Gasteiger partial charge in [-0.15, -0.1) is 0 Å². The van der Waals surface area contributed by atoms with Crippen LogP contribution in [0.3, 0.4) is 0 Å². The molecule has 0 amide bonds. The van der Waals surface area contributed by atoms with Gasteiger partial charge in [-0.05, 0) is 40.3 Å². The highest BCUT2D eigenvalue weighted by Gasteiger charge is 2.16. The summed E-state index contributed by atoms with van der Waals surface area (Å²) in [5.41, 5.74) is 0.618. The average molecular weight is 385 g/mol. The van der Waals surface area contributed by atoms with Crippen LogP contribution in [0, 0.1) is 13.7 Å². The first-order valence-electron chi connectivity index (χ1n) is 5.37. The lowest BCUT2D eigenvalue weighted by Crippen LogP contribution is -2.01. The van der Waals surface area contributed by atoms with Crippen molar-refractivity contribution < 1.29 is 14.8 Å². The van der Waals surface area contributed by atoms with E-state index < -0.39 is 10.9 Å². The Labute approximate surface area is 126 Å². The third-order valence-corrected chi connectivity index (χ3v) is 2.97. The lowest BCUT2D eigenvalue weighted by Gasteiger charge is -2.03. The van der Waals surface area contributed by atoms with Crippen LogP contribution in [0.1, 0.15) is 5.56 Å². The molecule has 0 aliphatic rings. The summed E-state index contributed by atoms with van der Waals surface area (Å²) in [6, 6.07) is 4.43. The molecule has 0 unspecified atom stereocenters. The first kappa shape index (κ1) is 14.2. The summed E-state index contributed by atoms with van der Waals surface area (Å²) >= 11 is 2.05. The predicted molar refractivity (Wildman–Crippen MR) is 79.6 cm³/mol. The maximum Gasteiger partial charge on any atom is 0.328 e. The molecule has 0 bridgehead atoms. The molecule has 7 nitrogen and oxygen atoms in total. The first-order valence-corrected chi connectivity index (χ1v) is 6.45. The van der Waals surface area contributed by atoms with Crippen LogP contribution in [-0.2, 0) is 4.79 Å². The van der Waals surface area contributed by atoms with E-state index in [4.69, 9.17) is 5.11 Å². The van der Waals surface area contributed by atoms with Gasteiger partial charge < -0.3 is 5.11 Å². The molecule has 0 atom stereocenters. The number of hydrogen-bond acceptors (Lipinski definition) is 4. The molecular weight excluding hydrogens is 377 g/mol. The molecule has 0 saturated carbocycles. The zero-order valence-corrected chi connectivity index (χ0v) is 12.1. The Hall–Kier alpha value is -2.23. The van der Waals surface area contributed by atoms with Crippen molar-refractivity contribution >= 4 is 40.3 Å². The molecule has 8 heteroatoms. The summed E-state index contributed by atoms with van der Waals surface area (Å²) in [6.45, 7) is 0. The van der Waals surface area contributed by atoms with Gasteiger partial charge in [0, 0.05) is 18.3 Å². The standard InChI is InChI=1S/C12H8IN3O4/c13-9-6-14-15(7-9)10-3-1-8(2-4-12(17)18)5-11(10)16(19)20/h1-7H,(H,17,18). The first-order chi connectivity index (χ1) is 9.47. The summed E-state index contributed by atoms with van der Waals surface area (Å²) in [6.07, 6.45) is 5.47. The van der Waals surface area contributed by atoms with Gasteiger partial charge in [0.05, 0.1) is 14.7 Å². The molecule has 1 N–H and O–H groups in total. The van der Waals surface area contributed by atoms with E-state index in [1.807, 2.05) is 0 Å². The van der Waals surface area contributed by atoms with Crippen LogP contribution in [0.5, 0.6) is 0 Å². The van der Waals surface area contributed by atoms with Gasteiger partial charge in [0.25, 0.3) is 5.69 Å². The van der Waals surface area contributed by atoms with Crippen LogP contribution in [0.4, 0.5) is 5.69 Å². The minimum atomic E-state index is -1.11. The minimum Gasteiger partial charge on any atom is -0.478 e. The van der Waals surface area contributed by atoms with Crippen LogP contribution < -0.4 is 0 Å². The Morgan fingerprint density at radius 3 is 2.80 bits per heavy atom. The zero-order chi connectivity index (χ0) is 14.7. The van der Waals surface area contributed by atoms with Crippen molar-refractivity contribution in [3.8, 4) is 5.69 Å². The molecule has 1 heterocycles. The van der Waals surface area contributed by atoms with Gasteiger partial charge in [-0.25, -0.2) is 9.48 Å². The second-order valence-electron chi connectivity index (χ2n) is 3.78. The van der Waals surface area contributed by atoms with E-state index in [1.54, 1.807) is 18.5 Å². The number of carboxylic acid groups (broad SMARTS) is 1. The number of nitro benzene ring substituents is 1. The Bertz CT molecular complexity index is 708. The van der Waals surface area contributed by atoms with Gasteiger partial charge in [-0.1, -0.05) is 6.07 Å². The van der Waals surface area contributed by atoms with Crippen LogP contribution in [0.2, 0.25) is 0 Å². The number of nitrogens with zero attached hydrogens (tertiary/aromatic N) is 3. The third kappa shape index (κ3) is 3.20. The number of carboxylic acids is 1. The number of aromatic nitrogens is 2. The third-order valence-electron chi connectivity index (χ3n) is 2.41. The number of carbonyl (C=O) groups is 1. The van der Waals surface area contributed by atoms with Gasteiger partial charge in [0.2, 0.25) is 0 Å². The molecule has 2 aromatic rings. The van der Waals surface area contributed by atoms with Gasteiger partial charge in [-0.3, -0.25) is 10.1 Å². The van der Waals surface area contributed by atoms with Gasteiger partial charge >= 0.3 is 5.97 Å². The lowest BCUT2D eigenvalue weighted by molar-refractivity contribution is -0.384. The number of nitro groups is 1. The van der Waals surface area contributed by atoms with E-state index in [-0.39, 0.29) is 5.69 Å². The molecular formula is C12H8IN3O4. The highest BCUT2D eigenvalue weighted by atomic mass is 127. The van der Waals surface area contributed by atoms with Crippen molar-refractivity contribution in [2.75, 3.05) is 0 Å². The largest absolute Gasteiger partial charge is 0.478 e. The molecule has 0 radical (unpaired) electrons. The summed E-state index contributed by atoms with van der Waals surface area (Å²) in [5, 5.41) is 23.7. The fraction of sp³-hybridized carbons (Fsp3) is 0. The Balaban J connectivity index is 2.49. The number of benzene rings is 1. The van der Waals surface area contributed by atoms with Crippen molar-refractivity contribution in [3.63, 3.8) is 0 Å². The minimum absolute atomic E-state index is 0.142. The summed E-state index contributed by atoms with van der Waals surface area (Å²) in [5.74, 6) is -1.11. The lowest BCUT2D eigenvalue weighted by atomic mass is 10.1. The number of rotatable bonds is 4.